The fourth-order valence-corrected chi connectivity index (χ4v) is 3.47. The Morgan fingerprint density at radius 3 is 2.60 bits per heavy atom. The summed E-state index contributed by atoms with van der Waals surface area (Å²) in [6.45, 7) is 8.32. The van der Waals surface area contributed by atoms with Gasteiger partial charge in [0.2, 0.25) is 0 Å². The molecule has 2 rings (SSSR count). The van der Waals surface area contributed by atoms with Crippen LogP contribution in [0.15, 0.2) is 18.2 Å². The third-order valence-electron chi connectivity index (χ3n) is 5.12. The minimum Gasteiger partial charge on any atom is -0.493 e. The summed E-state index contributed by atoms with van der Waals surface area (Å²) in [6.07, 6.45) is 10.3. The van der Waals surface area contributed by atoms with E-state index >= 15 is 0 Å². The van der Waals surface area contributed by atoms with Gasteiger partial charge in [0, 0.05) is 18.5 Å². The van der Waals surface area contributed by atoms with E-state index in [0.717, 1.165) is 56.0 Å². The summed E-state index contributed by atoms with van der Waals surface area (Å²) in [5, 5.41) is 0. The predicted octanol–water partition coefficient (Wildman–Crippen LogP) is 5.27. The zero-order valence-electron chi connectivity index (χ0n) is 16.2. The standard InChI is InChI=1S/C22H35NO2/c1-3-5-6-10-17-25-22-12-11-20(18-19(22)4-2)21(24)13-16-23-14-8-7-9-15-23/h11-12,18H,3-10,13-17H2,1-2H3. The molecule has 0 aromatic heterocycles. The van der Waals surface area contributed by atoms with Gasteiger partial charge in [-0.3, -0.25) is 4.79 Å². The fourth-order valence-electron chi connectivity index (χ4n) is 3.47. The van der Waals surface area contributed by atoms with Crippen molar-refractivity contribution in [2.24, 2.45) is 0 Å². The minimum atomic E-state index is 0.259. The summed E-state index contributed by atoms with van der Waals surface area (Å²) in [6, 6.07) is 5.98. The smallest absolute Gasteiger partial charge is 0.164 e. The Kier molecular flexibility index (Phi) is 9.03. The molecule has 0 atom stereocenters. The van der Waals surface area contributed by atoms with Crippen molar-refractivity contribution >= 4 is 5.78 Å². The number of ether oxygens (including phenoxy) is 1. The van der Waals surface area contributed by atoms with Crippen LogP contribution in [0.5, 0.6) is 5.75 Å². The van der Waals surface area contributed by atoms with E-state index in [0.29, 0.717) is 6.42 Å². The van der Waals surface area contributed by atoms with Gasteiger partial charge in [0.25, 0.3) is 0 Å². The number of likely N-dealkylation sites (tertiary alicyclic amines) is 1. The molecule has 1 aromatic rings. The van der Waals surface area contributed by atoms with Crippen molar-refractivity contribution in [1.82, 2.24) is 4.90 Å². The van der Waals surface area contributed by atoms with Crippen LogP contribution in [0.3, 0.4) is 0 Å². The molecule has 3 heteroatoms. The van der Waals surface area contributed by atoms with E-state index in [9.17, 15) is 4.79 Å². The van der Waals surface area contributed by atoms with Gasteiger partial charge in [0.1, 0.15) is 5.75 Å². The molecule has 0 unspecified atom stereocenters. The zero-order chi connectivity index (χ0) is 17.9. The Morgan fingerprint density at radius 2 is 1.88 bits per heavy atom. The van der Waals surface area contributed by atoms with Crippen LogP contribution in [0.4, 0.5) is 0 Å². The summed E-state index contributed by atoms with van der Waals surface area (Å²) >= 11 is 0. The monoisotopic (exact) mass is 345 g/mol. The molecule has 25 heavy (non-hydrogen) atoms. The maximum absolute atomic E-state index is 12.5. The molecule has 0 aliphatic carbocycles. The van der Waals surface area contributed by atoms with E-state index < -0.39 is 0 Å². The minimum absolute atomic E-state index is 0.259. The number of rotatable bonds is 11. The van der Waals surface area contributed by atoms with Crippen molar-refractivity contribution in [2.45, 2.75) is 71.6 Å². The molecule has 1 aromatic carbocycles. The van der Waals surface area contributed by atoms with Gasteiger partial charge < -0.3 is 9.64 Å². The highest BCUT2D eigenvalue weighted by Crippen LogP contribution is 2.22. The lowest BCUT2D eigenvalue weighted by atomic mass is 10.0. The Morgan fingerprint density at radius 1 is 1.08 bits per heavy atom. The van der Waals surface area contributed by atoms with Crippen LogP contribution >= 0.6 is 0 Å². The highest BCUT2D eigenvalue weighted by molar-refractivity contribution is 5.96. The summed E-state index contributed by atoms with van der Waals surface area (Å²) in [7, 11) is 0. The van der Waals surface area contributed by atoms with Crippen molar-refractivity contribution in [1.29, 1.82) is 0 Å². The first-order valence-electron chi connectivity index (χ1n) is 10.3. The number of carbonyl (C=O) groups excluding carboxylic acids is 1. The molecule has 1 fully saturated rings. The quantitative estimate of drug-likeness (QED) is 0.404. The van der Waals surface area contributed by atoms with Crippen molar-refractivity contribution in [3.63, 3.8) is 0 Å². The number of Topliss-reactive ketones (excluding diaryl/α,β-unsaturated/α-hetero) is 1. The lowest BCUT2D eigenvalue weighted by molar-refractivity contribution is 0.0958. The van der Waals surface area contributed by atoms with Gasteiger partial charge in [-0.2, -0.15) is 0 Å². The number of hydrogen-bond acceptors (Lipinski definition) is 3. The third kappa shape index (κ3) is 6.81. The van der Waals surface area contributed by atoms with Crippen LogP contribution in [0.1, 0.15) is 81.1 Å². The summed E-state index contributed by atoms with van der Waals surface area (Å²) in [4.78, 5) is 15.0. The molecule has 0 radical (unpaired) electrons. The third-order valence-corrected chi connectivity index (χ3v) is 5.12. The molecule has 0 bridgehead atoms. The lowest BCUT2D eigenvalue weighted by Gasteiger charge is -2.26. The molecule has 1 aliphatic rings. The van der Waals surface area contributed by atoms with Crippen LogP contribution < -0.4 is 4.74 Å². The Labute approximate surface area is 153 Å². The first-order chi connectivity index (χ1) is 12.2. The van der Waals surface area contributed by atoms with Gasteiger partial charge in [-0.25, -0.2) is 0 Å². The number of ketones is 1. The van der Waals surface area contributed by atoms with E-state index in [1.165, 1.54) is 38.5 Å². The number of piperidine rings is 1. The first kappa shape index (κ1) is 20.0. The molecule has 1 heterocycles. The van der Waals surface area contributed by atoms with Crippen LogP contribution in [0.25, 0.3) is 0 Å². The highest BCUT2D eigenvalue weighted by atomic mass is 16.5. The normalized spacial score (nSPS) is 15.3. The zero-order valence-corrected chi connectivity index (χ0v) is 16.2. The number of carbonyl (C=O) groups is 1. The van der Waals surface area contributed by atoms with Crippen LogP contribution in [-0.2, 0) is 6.42 Å². The molecule has 0 saturated carbocycles. The Balaban J connectivity index is 1.84. The average Bonchev–Trinajstić information content (AvgIpc) is 2.66. The highest BCUT2D eigenvalue weighted by Gasteiger charge is 2.14. The van der Waals surface area contributed by atoms with E-state index in [-0.39, 0.29) is 5.78 Å². The first-order valence-corrected chi connectivity index (χ1v) is 10.3. The van der Waals surface area contributed by atoms with Crippen molar-refractivity contribution in [3.8, 4) is 5.75 Å². The van der Waals surface area contributed by atoms with Crippen LogP contribution in [0, 0.1) is 0 Å². The SMILES string of the molecule is CCCCCCOc1ccc(C(=O)CCN2CCCCC2)cc1CC. The second kappa shape index (κ2) is 11.3. The van der Waals surface area contributed by atoms with Crippen molar-refractivity contribution < 1.29 is 9.53 Å². The van der Waals surface area contributed by atoms with Gasteiger partial charge in [-0.15, -0.1) is 0 Å². The van der Waals surface area contributed by atoms with Crippen molar-refractivity contribution in [2.75, 3.05) is 26.2 Å². The molecular formula is C22H35NO2. The molecule has 140 valence electrons. The summed E-state index contributed by atoms with van der Waals surface area (Å²) in [5.74, 6) is 1.21. The number of hydrogen-bond donors (Lipinski definition) is 0. The predicted molar refractivity (Wildman–Crippen MR) is 105 cm³/mol. The lowest BCUT2D eigenvalue weighted by Crippen LogP contribution is -2.31. The second-order valence-corrected chi connectivity index (χ2v) is 7.16. The molecular weight excluding hydrogens is 310 g/mol. The molecule has 0 N–H and O–H groups in total. The maximum atomic E-state index is 12.5. The summed E-state index contributed by atoms with van der Waals surface area (Å²) in [5.41, 5.74) is 1.99. The van der Waals surface area contributed by atoms with E-state index in [4.69, 9.17) is 4.74 Å². The largest absolute Gasteiger partial charge is 0.493 e. The summed E-state index contributed by atoms with van der Waals surface area (Å²) < 4.78 is 5.94. The van der Waals surface area contributed by atoms with Gasteiger partial charge in [0.05, 0.1) is 6.61 Å². The van der Waals surface area contributed by atoms with Gasteiger partial charge in [-0.05, 0) is 62.5 Å². The van der Waals surface area contributed by atoms with E-state index in [1.807, 2.05) is 18.2 Å². The molecule has 0 amide bonds. The fraction of sp³-hybridized carbons (Fsp3) is 0.682. The molecule has 1 saturated heterocycles. The number of unbranched alkanes of at least 4 members (excludes halogenated alkanes) is 3. The van der Waals surface area contributed by atoms with E-state index in [2.05, 4.69) is 18.7 Å². The number of aryl methyl sites for hydroxylation is 1. The molecule has 3 nitrogen and oxygen atoms in total. The number of benzene rings is 1. The van der Waals surface area contributed by atoms with Crippen molar-refractivity contribution in [3.05, 3.63) is 29.3 Å². The van der Waals surface area contributed by atoms with Gasteiger partial charge in [-0.1, -0.05) is 39.5 Å². The Hall–Kier alpha value is -1.35. The average molecular weight is 346 g/mol. The number of nitrogens with zero attached hydrogens (tertiary/aromatic N) is 1. The Bertz CT molecular complexity index is 521. The van der Waals surface area contributed by atoms with Gasteiger partial charge >= 0.3 is 0 Å². The van der Waals surface area contributed by atoms with Crippen LogP contribution in [0.2, 0.25) is 0 Å². The van der Waals surface area contributed by atoms with E-state index in [1.54, 1.807) is 0 Å². The van der Waals surface area contributed by atoms with Gasteiger partial charge in [0.15, 0.2) is 5.78 Å². The van der Waals surface area contributed by atoms with Crippen LogP contribution in [-0.4, -0.2) is 36.9 Å². The second-order valence-electron chi connectivity index (χ2n) is 7.16. The molecule has 1 aliphatic heterocycles. The maximum Gasteiger partial charge on any atom is 0.164 e. The topological polar surface area (TPSA) is 29.5 Å². The molecule has 0 spiro atoms.